The molecule has 1 heterocycles. The number of amides is 1. The number of hydrogen-bond acceptors (Lipinski definition) is 5. The minimum absolute atomic E-state index is 0.364. The van der Waals surface area contributed by atoms with Crippen LogP contribution in [0.3, 0.4) is 0 Å². The van der Waals surface area contributed by atoms with Crippen molar-refractivity contribution < 1.29 is 23.8 Å². The first kappa shape index (κ1) is 21.7. The summed E-state index contributed by atoms with van der Waals surface area (Å²) in [5.41, 5.74) is 3.33. The molecule has 3 rings (SSSR count). The highest BCUT2D eigenvalue weighted by Crippen LogP contribution is 2.34. The van der Waals surface area contributed by atoms with Crippen LogP contribution < -0.4 is 4.74 Å². The molecular formula is C24H29NO5. The highest BCUT2D eigenvalue weighted by molar-refractivity contribution is 5.84. The summed E-state index contributed by atoms with van der Waals surface area (Å²) in [6.45, 7) is 8.27. The Balaban J connectivity index is 1.81. The molecule has 6 nitrogen and oxygen atoms in total. The van der Waals surface area contributed by atoms with Gasteiger partial charge in [-0.2, -0.15) is 0 Å². The number of aryl methyl sites for hydroxylation is 1. The number of ether oxygens (including phenoxy) is 3. The van der Waals surface area contributed by atoms with Gasteiger partial charge in [-0.05, 0) is 62.9 Å². The zero-order valence-electron chi connectivity index (χ0n) is 18.2. The molecule has 2 aromatic carbocycles. The van der Waals surface area contributed by atoms with E-state index in [-0.39, 0.29) is 0 Å². The zero-order chi connectivity index (χ0) is 21.9. The second kappa shape index (κ2) is 8.78. The Bertz CT molecular complexity index is 931. The normalized spacial score (nSPS) is 15.9. The number of nitrogens with zero attached hydrogens (tertiary/aromatic N) is 1. The van der Waals surface area contributed by atoms with Crippen LogP contribution in [0.1, 0.15) is 49.1 Å². The quantitative estimate of drug-likeness (QED) is 0.689. The third-order valence-corrected chi connectivity index (χ3v) is 4.88. The van der Waals surface area contributed by atoms with Gasteiger partial charge in [0.15, 0.2) is 6.04 Å². The maximum atomic E-state index is 12.7. The van der Waals surface area contributed by atoms with Crippen molar-refractivity contribution in [3.05, 3.63) is 64.7 Å². The lowest BCUT2D eigenvalue weighted by Gasteiger charge is -2.36. The molecule has 1 aliphatic heterocycles. The van der Waals surface area contributed by atoms with Gasteiger partial charge in [0.1, 0.15) is 18.0 Å². The van der Waals surface area contributed by atoms with E-state index in [9.17, 15) is 9.59 Å². The molecule has 0 saturated carbocycles. The van der Waals surface area contributed by atoms with Crippen LogP contribution in [0.25, 0.3) is 0 Å². The van der Waals surface area contributed by atoms with Gasteiger partial charge in [0, 0.05) is 6.54 Å². The van der Waals surface area contributed by atoms with Crippen molar-refractivity contribution in [1.29, 1.82) is 0 Å². The van der Waals surface area contributed by atoms with Gasteiger partial charge in [0.05, 0.1) is 7.11 Å². The second-order valence-corrected chi connectivity index (χ2v) is 8.49. The van der Waals surface area contributed by atoms with Crippen molar-refractivity contribution in [3.63, 3.8) is 0 Å². The summed E-state index contributed by atoms with van der Waals surface area (Å²) in [6, 6.07) is 12.9. The van der Waals surface area contributed by atoms with E-state index >= 15 is 0 Å². The Morgan fingerprint density at radius 1 is 1.13 bits per heavy atom. The minimum atomic E-state index is -0.834. The van der Waals surface area contributed by atoms with Crippen molar-refractivity contribution in [2.24, 2.45) is 0 Å². The van der Waals surface area contributed by atoms with Gasteiger partial charge in [-0.15, -0.1) is 0 Å². The summed E-state index contributed by atoms with van der Waals surface area (Å²) in [5.74, 6) is 0.236. The molecule has 0 N–H and O–H groups in total. The summed E-state index contributed by atoms with van der Waals surface area (Å²) in [4.78, 5) is 26.7. The molecule has 1 unspecified atom stereocenters. The summed E-state index contributed by atoms with van der Waals surface area (Å²) in [5, 5.41) is 0. The molecule has 1 amide bonds. The van der Waals surface area contributed by atoms with Gasteiger partial charge in [-0.1, -0.05) is 35.9 Å². The lowest BCUT2D eigenvalue weighted by atomic mass is 9.92. The number of carbonyl (C=O) groups excluding carboxylic acids is 2. The number of benzene rings is 2. The molecule has 0 aromatic heterocycles. The van der Waals surface area contributed by atoms with Crippen LogP contribution in [0.15, 0.2) is 42.5 Å². The van der Waals surface area contributed by atoms with Crippen molar-refractivity contribution in [1.82, 2.24) is 4.90 Å². The number of fused-ring (bicyclic) bond motifs is 1. The Morgan fingerprint density at radius 2 is 1.90 bits per heavy atom. The number of esters is 1. The smallest absolute Gasteiger partial charge is 0.411 e. The van der Waals surface area contributed by atoms with Crippen LogP contribution >= 0.6 is 0 Å². The van der Waals surface area contributed by atoms with Crippen LogP contribution in [0.5, 0.6) is 5.75 Å². The summed E-state index contributed by atoms with van der Waals surface area (Å²) in [7, 11) is 1.32. The molecular weight excluding hydrogens is 382 g/mol. The molecule has 0 spiro atoms. The number of methoxy groups -OCH3 is 1. The SMILES string of the molecule is COC(=O)C1c2ccc(OCc3cccc(C)c3)cc2CCN1C(=O)OC(C)(C)C. The van der Waals surface area contributed by atoms with Gasteiger partial charge in [0.25, 0.3) is 0 Å². The van der Waals surface area contributed by atoms with E-state index in [2.05, 4.69) is 6.07 Å². The first-order valence-corrected chi connectivity index (χ1v) is 10.1. The standard InChI is InChI=1S/C24H29NO5/c1-16-7-6-8-17(13-16)15-29-19-9-10-20-18(14-19)11-12-25(21(20)22(26)28-5)23(27)30-24(2,3)4/h6-10,13-14,21H,11-12,15H2,1-5H3. The monoisotopic (exact) mass is 411 g/mol. The van der Waals surface area contributed by atoms with Crippen LogP contribution in [-0.2, 0) is 27.3 Å². The molecule has 1 atom stereocenters. The van der Waals surface area contributed by atoms with Gasteiger partial charge in [-0.3, -0.25) is 4.90 Å². The van der Waals surface area contributed by atoms with Crippen molar-refractivity contribution >= 4 is 12.1 Å². The third kappa shape index (κ3) is 5.12. The average molecular weight is 411 g/mol. The average Bonchev–Trinajstić information content (AvgIpc) is 2.69. The van der Waals surface area contributed by atoms with Gasteiger partial charge in [0.2, 0.25) is 0 Å². The zero-order valence-corrected chi connectivity index (χ0v) is 18.2. The Labute approximate surface area is 177 Å². The molecule has 0 radical (unpaired) electrons. The molecule has 30 heavy (non-hydrogen) atoms. The van der Waals surface area contributed by atoms with Gasteiger partial charge >= 0.3 is 12.1 Å². The topological polar surface area (TPSA) is 65.1 Å². The van der Waals surface area contributed by atoms with Crippen molar-refractivity contribution in [2.75, 3.05) is 13.7 Å². The van der Waals surface area contributed by atoms with E-state index in [0.29, 0.717) is 19.6 Å². The molecule has 0 fully saturated rings. The first-order chi connectivity index (χ1) is 14.2. The van der Waals surface area contributed by atoms with Crippen LogP contribution in [-0.4, -0.2) is 36.2 Å². The highest BCUT2D eigenvalue weighted by Gasteiger charge is 2.39. The maximum Gasteiger partial charge on any atom is 0.411 e. The fourth-order valence-electron chi connectivity index (χ4n) is 3.54. The Kier molecular flexibility index (Phi) is 6.34. The van der Waals surface area contributed by atoms with Crippen LogP contribution in [0.4, 0.5) is 4.79 Å². The lowest BCUT2D eigenvalue weighted by Crippen LogP contribution is -2.46. The maximum absolute atomic E-state index is 12.7. The van der Waals surface area contributed by atoms with Gasteiger partial charge < -0.3 is 14.2 Å². The molecule has 0 bridgehead atoms. The Morgan fingerprint density at radius 3 is 2.57 bits per heavy atom. The van der Waals surface area contributed by atoms with Crippen molar-refractivity contribution in [2.45, 2.75) is 52.4 Å². The van der Waals surface area contributed by atoms with E-state index in [4.69, 9.17) is 14.2 Å². The van der Waals surface area contributed by atoms with Crippen molar-refractivity contribution in [3.8, 4) is 5.75 Å². The fraction of sp³-hybridized carbons (Fsp3) is 0.417. The van der Waals surface area contributed by atoms with E-state index in [1.807, 2.05) is 43.3 Å². The van der Waals surface area contributed by atoms with E-state index in [1.165, 1.54) is 17.6 Å². The van der Waals surface area contributed by atoms with E-state index in [0.717, 1.165) is 22.4 Å². The highest BCUT2D eigenvalue weighted by atomic mass is 16.6. The molecule has 160 valence electrons. The molecule has 6 heteroatoms. The lowest BCUT2D eigenvalue weighted by molar-refractivity contribution is -0.147. The molecule has 0 aliphatic carbocycles. The minimum Gasteiger partial charge on any atom is -0.489 e. The van der Waals surface area contributed by atoms with Crippen LogP contribution in [0, 0.1) is 6.92 Å². The predicted octanol–water partition coefficient (Wildman–Crippen LogP) is 4.58. The Hall–Kier alpha value is -3.02. The molecule has 0 saturated heterocycles. The first-order valence-electron chi connectivity index (χ1n) is 10.1. The fourth-order valence-corrected chi connectivity index (χ4v) is 3.54. The third-order valence-electron chi connectivity index (χ3n) is 4.88. The van der Waals surface area contributed by atoms with Crippen LogP contribution in [0.2, 0.25) is 0 Å². The summed E-state index contributed by atoms with van der Waals surface area (Å²) >= 11 is 0. The van der Waals surface area contributed by atoms with E-state index in [1.54, 1.807) is 20.8 Å². The molecule has 1 aliphatic rings. The number of rotatable bonds is 4. The summed E-state index contributed by atoms with van der Waals surface area (Å²) in [6.07, 6.45) is 0.0762. The van der Waals surface area contributed by atoms with E-state index < -0.39 is 23.7 Å². The largest absolute Gasteiger partial charge is 0.489 e. The predicted molar refractivity (Wildman–Crippen MR) is 113 cm³/mol. The number of carbonyl (C=O) groups is 2. The van der Waals surface area contributed by atoms with Gasteiger partial charge in [-0.25, -0.2) is 9.59 Å². The molecule has 2 aromatic rings. The number of hydrogen-bond donors (Lipinski definition) is 0. The summed E-state index contributed by atoms with van der Waals surface area (Å²) < 4.78 is 16.4. The second-order valence-electron chi connectivity index (χ2n) is 8.49.